The molecule has 4 saturated carbocycles. The van der Waals surface area contributed by atoms with Gasteiger partial charge in [-0.3, -0.25) is 4.79 Å². The highest BCUT2D eigenvalue weighted by atomic mass is 16.1. The van der Waals surface area contributed by atoms with Crippen LogP contribution in [-0.2, 0) is 4.79 Å². The highest BCUT2D eigenvalue weighted by Gasteiger charge is 2.61. The van der Waals surface area contributed by atoms with Crippen molar-refractivity contribution in [2.75, 3.05) is 0 Å². The molecular formula is C25H42O. The van der Waals surface area contributed by atoms with Crippen LogP contribution in [0.25, 0.3) is 0 Å². The first-order valence-corrected chi connectivity index (χ1v) is 11.8. The second-order valence-electron chi connectivity index (χ2n) is 11.8. The molecule has 0 aromatic heterocycles. The normalized spacial score (nSPS) is 49.0. The molecule has 4 aliphatic carbocycles. The quantitative estimate of drug-likeness (QED) is 0.534. The summed E-state index contributed by atoms with van der Waals surface area (Å²) in [5.41, 5.74) is 0.937. The molecule has 1 heteroatoms. The number of hydrogen-bond donors (Lipinski definition) is 0. The number of hydrogen-bond acceptors (Lipinski definition) is 1. The molecule has 4 fully saturated rings. The summed E-state index contributed by atoms with van der Waals surface area (Å²) in [5, 5.41) is 0. The Labute approximate surface area is 162 Å². The van der Waals surface area contributed by atoms with E-state index in [1.165, 1.54) is 51.4 Å². The first-order chi connectivity index (χ1) is 12.3. The third-order valence-electron chi connectivity index (χ3n) is 10.1. The van der Waals surface area contributed by atoms with Gasteiger partial charge in [0, 0.05) is 12.8 Å². The summed E-state index contributed by atoms with van der Waals surface area (Å²) < 4.78 is 0. The van der Waals surface area contributed by atoms with Crippen molar-refractivity contribution in [3.63, 3.8) is 0 Å². The van der Waals surface area contributed by atoms with Crippen LogP contribution in [0.2, 0.25) is 0 Å². The van der Waals surface area contributed by atoms with Gasteiger partial charge in [0.05, 0.1) is 0 Å². The Morgan fingerprint density at radius 2 is 1.65 bits per heavy atom. The molecular weight excluding hydrogens is 316 g/mol. The van der Waals surface area contributed by atoms with E-state index in [1.807, 2.05) is 0 Å². The van der Waals surface area contributed by atoms with E-state index >= 15 is 0 Å². The summed E-state index contributed by atoms with van der Waals surface area (Å²) in [5.74, 6) is 6.67. The van der Waals surface area contributed by atoms with Gasteiger partial charge in [-0.2, -0.15) is 0 Å². The molecule has 0 spiro atoms. The average Bonchev–Trinajstić information content (AvgIpc) is 3.07. The maximum Gasteiger partial charge on any atom is 0.133 e. The lowest BCUT2D eigenvalue weighted by Gasteiger charge is -2.58. The van der Waals surface area contributed by atoms with E-state index < -0.39 is 0 Å². The second kappa shape index (κ2) is 6.63. The Bertz CT molecular complexity index is 550. The summed E-state index contributed by atoms with van der Waals surface area (Å²) in [7, 11) is 0. The molecule has 0 unspecified atom stereocenters. The Morgan fingerprint density at radius 3 is 2.38 bits per heavy atom. The molecule has 1 nitrogen and oxygen atoms in total. The minimum Gasteiger partial charge on any atom is -0.300 e. The molecule has 0 heterocycles. The molecule has 4 aliphatic rings. The highest BCUT2D eigenvalue weighted by Crippen LogP contribution is 2.68. The van der Waals surface area contributed by atoms with E-state index in [9.17, 15) is 4.79 Å². The van der Waals surface area contributed by atoms with Crippen molar-refractivity contribution in [2.45, 2.75) is 98.8 Å². The van der Waals surface area contributed by atoms with Crippen molar-refractivity contribution in [1.29, 1.82) is 0 Å². The number of fused-ring (bicyclic) bond motifs is 5. The smallest absolute Gasteiger partial charge is 0.133 e. The third-order valence-corrected chi connectivity index (χ3v) is 10.1. The summed E-state index contributed by atoms with van der Waals surface area (Å²) in [4.78, 5) is 12.2. The van der Waals surface area contributed by atoms with E-state index in [0.717, 1.165) is 48.3 Å². The Morgan fingerprint density at radius 1 is 0.923 bits per heavy atom. The summed E-state index contributed by atoms with van der Waals surface area (Å²) in [6.07, 6.45) is 13.2. The number of rotatable bonds is 4. The van der Waals surface area contributed by atoms with Crippen LogP contribution < -0.4 is 0 Å². The second-order valence-corrected chi connectivity index (χ2v) is 11.8. The van der Waals surface area contributed by atoms with Crippen LogP contribution in [-0.4, -0.2) is 5.78 Å². The van der Waals surface area contributed by atoms with Crippen molar-refractivity contribution >= 4 is 5.78 Å². The molecule has 148 valence electrons. The molecule has 0 amide bonds. The van der Waals surface area contributed by atoms with Gasteiger partial charge in [0.25, 0.3) is 0 Å². The van der Waals surface area contributed by atoms with E-state index in [2.05, 4.69) is 34.6 Å². The van der Waals surface area contributed by atoms with Gasteiger partial charge in [0.2, 0.25) is 0 Å². The monoisotopic (exact) mass is 358 g/mol. The SMILES string of the molecule is CC(C)CC[C@H](C)[C@H]1CC[C@H]2[C@H]3CC[C@H]4CC(=O)C[C@]4(C)[C@@H]3CC[C@]12C. The zero-order valence-electron chi connectivity index (χ0n) is 18.0. The zero-order chi connectivity index (χ0) is 18.7. The number of ketones is 1. The molecule has 0 radical (unpaired) electrons. The van der Waals surface area contributed by atoms with Gasteiger partial charge in [0.15, 0.2) is 0 Å². The van der Waals surface area contributed by atoms with Gasteiger partial charge in [0.1, 0.15) is 5.78 Å². The molecule has 0 aromatic carbocycles. The first kappa shape index (κ1) is 19.0. The van der Waals surface area contributed by atoms with Crippen LogP contribution >= 0.6 is 0 Å². The first-order valence-electron chi connectivity index (χ1n) is 11.8. The molecule has 26 heavy (non-hydrogen) atoms. The van der Waals surface area contributed by atoms with Crippen LogP contribution in [0.5, 0.6) is 0 Å². The van der Waals surface area contributed by atoms with Crippen molar-refractivity contribution in [3.05, 3.63) is 0 Å². The van der Waals surface area contributed by atoms with Crippen molar-refractivity contribution in [2.24, 2.45) is 52.3 Å². The molecule has 0 aliphatic heterocycles. The van der Waals surface area contributed by atoms with Gasteiger partial charge in [-0.25, -0.2) is 0 Å². The molecule has 0 N–H and O–H groups in total. The average molecular weight is 359 g/mol. The fourth-order valence-electron chi connectivity index (χ4n) is 8.69. The van der Waals surface area contributed by atoms with Crippen molar-refractivity contribution in [1.82, 2.24) is 0 Å². The molecule has 0 saturated heterocycles. The predicted octanol–water partition coefficient (Wildman–Crippen LogP) is 6.90. The van der Waals surface area contributed by atoms with Gasteiger partial charge < -0.3 is 0 Å². The largest absolute Gasteiger partial charge is 0.300 e. The highest BCUT2D eigenvalue weighted by molar-refractivity contribution is 5.82. The van der Waals surface area contributed by atoms with Crippen LogP contribution in [0, 0.1) is 52.3 Å². The van der Waals surface area contributed by atoms with Gasteiger partial charge in [-0.05, 0) is 90.8 Å². The van der Waals surface area contributed by atoms with Crippen LogP contribution in [0.4, 0.5) is 0 Å². The standard InChI is InChI=1S/C25H42O/c1-16(2)6-7-17(3)21-10-11-22-20-9-8-18-14-19(26)15-25(18,5)23(20)12-13-24(21,22)4/h16-18,20-23H,6-15H2,1-5H3/t17-,18-,20+,21+,22-,23+,24+,25-/m0/s1. The minimum absolute atomic E-state index is 0.350. The fraction of sp³-hybridized carbons (Fsp3) is 0.960. The molecule has 8 atom stereocenters. The topological polar surface area (TPSA) is 17.1 Å². The Kier molecular flexibility index (Phi) is 4.84. The molecule has 0 bridgehead atoms. The number of carbonyl (C=O) groups is 1. The Hall–Kier alpha value is -0.330. The van der Waals surface area contributed by atoms with Crippen molar-refractivity contribution in [3.8, 4) is 0 Å². The number of Topliss-reactive ketones (excluding diaryl/α,β-unsaturated/α-hetero) is 1. The minimum atomic E-state index is 0.350. The van der Waals surface area contributed by atoms with Crippen molar-refractivity contribution < 1.29 is 4.79 Å². The lowest BCUT2D eigenvalue weighted by atomic mass is 9.47. The zero-order valence-corrected chi connectivity index (χ0v) is 18.0. The predicted molar refractivity (Wildman–Crippen MR) is 109 cm³/mol. The summed E-state index contributed by atoms with van der Waals surface area (Å²) in [6, 6.07) is 0. The van der Waals surface area contributed by atoms with Gasteiger partial charge in [-0.1, -0.05) is 47.5 Å². The van der Waals surface area contributed by atoms with Crippen LogP contribution in [0.3, 0.4) is 0 Å². The van der Waals surface area contributed by atoms with Crippen LogP contribution in [0.1, 0.15) is 98.8 Å². The Balaban J connectivity index is 1.52. The maximum absolute atomic E-state index is 12.2. The number of carbonyl (C=O) groups excluding carboxylic acids is 1. The van der Waals surface area contributed by atoms with E-state index in [4.69, 9.17) is 0 Å². The maximum atomic E-state index is 12.2. The lowest BCUT2D eigenvalue weighted by molar-refractivity contribution is -0.119. The van der Waals surface area contributed by atoms with Crippen LogP contribution in [0.15, 0.2) is 0 Å². The van der Waals surface area contributed by atoms with E-state index in [1.54, 1.807) is 0 Å². The third kappa shape index (κ3) is 2.82. The van der Waals surface area contributed by atoms with E-state index in [0.29, 0.717) is 22.5 Å². The summed E-state index contributed by atoms with van der Waals surface area (Å²) >= 11 is 0. The van der Waals surface area contributed by atoms with Gasteiger partial charge >= 0.3 is 0 Å². The lowest BCUT2D eigenvalue weighted by Crippen LogP contribution is -2.50. The molecule has 4 rings (SSSR count). The fourth-order valence-corrected chi connectivity index (χ4v) is 8.69. The van der Waals surface area contributed by atoms with E-state index in [-0.39, 0.29) is 0 Å². The summed E-state index contributed by atoms with van der Waals surface area (Å²) in [6.45, 7) is 12.5. The molecule has 0 aromatic rings. The van der Waals surface area contributed by atoms with Gasteiger partial charge in [-0.15, -0.1) is 0 Å².